The zero-order valence-corrected chi connectivity index (χ0v) is 10.9. The van der Waals surface area contributed by atoms with Crippen LogP contribution in [0.4, 0.5) is 13.2 Å². The molecule has 0 saturated heterocycles. The lowest BCUT2D eigenvalue weighted by Gasteiger charge is -2.07. The van der Waals surface area contributed by atoms with E-state index < -0.39 is 12.6 Å². The fourth-order valence-electron chi connectivity index (χ4n) is 1.70. The predicted octanol–water partition coefficient (Wildman–Crippen LogP) is 3.58. The van der Waals surface area contributed by atoms with Gasteiger partial charge in [0.2, 0.25) is 0 Å². The van der Waals surface area contributed by atoms with Crippen LogP contribution >= 0.6 is 0 Å². The van der Waals surface area contributed by atoms with Crippen LogP contribution in [0.3, 0.4) is 0 Å². The maximum atomic E-state index is 12.0. The van der Waals surface area contributed by atoms with Crippen molar-refractivity contribution in [3.05, 3.63) is 24.0 Å². The average Bonchev–Trinajstić information content (AvgIpc) is 2.63. The second kappa shape index (κ2) is 6.83. The molecule has 0 unspecified atom stereocenters. The molecule has 0 spiro atoms. The molecule has 0 aliphatic heterocycles. The minimum atomic E-state index is -4.05. The highest BCUT2D eigenvalue weighted by molar-refractivity contribution is 5.09. The van der Waals surface area contributed by atoms with Crippen molar-refractivity contribution in [1.82, 2.24) is 9.88 Å². The summed E-state index contributed by atoms with van der Waals surface area (Å²) >= 11 is 0. The van der Waals surface area contributed by atoms with Crippen LogP contribution in [0, 0.1) is 5.92 Å². The van der Waals surface area contributed by atoms with Gasteiger partial charge in [0, 0.05) is 31.9 Å². The van der Waals surface area contributed by atoms with E-state index in [-0.39, 0.29) is 6.42 Å². The van der Waals surface area contributed by atoms with Crippen LogP contribution in [-0.4, -0.2) is 17.3 Å². The standard InChI is InChI=1S/C13H21F3N2/c1-11(2)8-17-9-12-4-7-18(10-12)6-3-5-13(14,15)16/h4,7,10-11,17H,3,5-6,8-9H2,1-2H3. The molecule has 18 heavy (non-hydrogen) atoms. The molecule has 2 nitrogen and oxygen atoms in total. The van der Waals surface area contributed by atoms with E-state index in [1.807, 2.05) is 23.0 Å². The predicted molar refractivity (Wildman–Crippen MR) is 66.3 cm³/mol. The number of nitrogens with zero attached hydrogens (tertiary/aromatic N) is 1. The lowest BCUT2D eigenvalue weighted by atomic mass is 10.2. The average molecular weight is 262 g/mol. The Balaban J connectivity index is 2.26. The highest BCUT2D eigenvalue weighted by Gasteiger charge is 2.25. The molecule has 0 aliphatic carbocycles. The van der Waals surface area contributed by atoms with Gasteiger partial charge in [0.25, 0.3) is 0 Å². The second-order valence-electron chi connectivity index (χ2n) is 5.00. The summed E-state index contributed by atoms with van der Waals surface area (Å²) in [4.78, 5) is 0. The Labute approximate surface area is 106 Å². The van der Waals surface area contributed by atoms with Gasteiger partial charge in [-0.25, -0.2) is 0 Å². The molecule has 0 atom stereocenters. The fourth-order valence-corrected chi connectivity index (χ4v) is 1.70. The van der Waals surface area contributed by atoms with Crippen molar-refractivity contribution >= 4 is 0 Å². The van der Waals surface area contributed by atoms with Crippen molar-refractivity contribution < 1.29 is 13.2 Å². The van der Waals surface area contributed by atoms with Gasteiger partial charge >= 0.3 is 6.18 Å². The van der Waals surface area contributed by atoms with E-state index in [0.717, 1.165) is 18.7 Å². The number of hydrogen-bond donors (Lipinski definition) is 1. The summed E-state index contributed by atoms with van der Waals surface area (Å²) in [6.07, 6.45) is -0.885. The van der Waals surface area contributed by atoms with Gasteiger partial charge in [-0.15, -0.1) is 0 Å². The lowest BCUT2D eigenvalue weighted by molar-refractivity contribution is -0.135. The molecule has 0 aliphatic rings. The van der Waals surface area contributed by atoms with Crippen LogP contribution in [-0.2, 0) is 13.1 Å². The maximum Gasteiger partial charge on any atom is 0.389 e. The highest BCUT2D eigenvalue weighted by atomic mass is 19.4. The monoisotopic (exact) mass is 262 g/mol. The normalized spacial score (nSPS) is 12.3. The van der Waals surface area contributed by atoms with Gasteiger partial charge < -0.3 is 9.88 Å². The van der Waals surface area contributed by atoms with Gasteiger partial charge in [-0.05, 0) is 30.5 Å². The van der Waals surface area contributed by atoms with E-state index in [0.29, 0.717) is 12.5 Å². The zero-order valence-electron chi connectivity index (χ0n) is 10.9. The SMILES string of the molecule is CC(C)CNCc1ccn(CCCC(F)(F)F)c1. The molecule has 1 aromatic heterocycles. The first-order valence-electron chi connectivity index (χ1n) is 6.29. The summed E-state index contributed by atoms with van der Waals surface area (Å²) < 4.78 is 37.8. The third-order valence-electron chi connectivity index (χ3n) is 2.57. The summed E-state index contributed by atoms with van der Waals surface area (Å²) in [5.41, 5.74) is 1.11. The molecule has 0 aromatic carbocycles. The number of aryl methyl sites for hydroxylation is 1. The minimum absolute atomic E-state index is 0.136. The van der Waals surface area contributed by atoms with Crippen molar-refractivity contribution in [2.45, 2.75) is 46.0 Å². The van der Waals surface area contributed by atoms with Crippen LogP contribution < -0.4 is 5.32 Å². The van der Waals surface area contributed by atoms with Crippen molar-refractivity contribution in [2.24, 2.45) is 5.92 Å². The third kappa shape index (κ3) is 6.69. The Bertz CT molecular complexity index is 342. The molecule has 0 bridgehead atoms. The van der Waals surface area contributed by atoms with E-state index in [1.165, 1.54) is 0 Å². The quantitative estimate of drug-likeness (QED) is 0.794. The van der Waals surface area contributed by atoms with E-state index >= 15 is 0 Å². The molecule has 1 rings (SSSR count). The number of halogens is 3. The van der Waals surface area contributed by atoms with E-state index in [4.69, 9.17) is 0 Å². The third-order valence-corrected chi connectivity index (χ3v) is 2.57. The smallest absolute Gasteiger partial charge is 0.354 e. The van der Waals surface area contributed by atoms with Crippen molar-refractivity contribution in [3.63, 3.8) is 0 Å². The molecule has 0 radical (unpaired) electrons. The molecule has 0 amide bonds. The van der Waals surface area contributed by atoms with E-state index in [1.54, 1.807) is 0 Å². The van der Waals surface area contributed by atoms with Crippen molar-refractivity contribution in [1.29, 1.82) is 0 Å². The zero-order chi connectivity index (χ0) is 13.6. The van der Waals surface area contributed by atoms with E-state index in [9.17, 15) is 13.2 Å². The maximum absolute atomic E-state index is 12.0. The Kier molecular flexibility index (Phi) is 5.72. The van der Waals surface area contributed by atoms with Gasteiger partial charge in [-0.2, -0.15) is 13.2 Å². The van der Waals surface area contributed by atoms with Crippen molar-refractivity contribution in [2.75, 3.05) is 6.54 Å². The largest absolute Gasteiger partial charge is 0.389 e. The second-order valence-corrected chi connectivity index (χ2v) is 5.00. The molecule has 1 aromatic rings. The molecule has 0 fully saturated rings. The molecule has 5 heteroatoms. The highest BCUT2D eigenvalue weighted by Crippen LogP contribution is 2.21. The first kappa shape index (κ1) is 15.1. The Hall–Kier alpha value is -0.970. The summed E-state index contributed by atoms with van der Waals surface area (Å²) in [6, 6.07) is 1.95. The van der Waals surface area contributed by atoms with Crippen LogP contribution in [0.1, 0.15) is 32.3 Å². The van der Waals surface area contributed by atoms with Crippen LogP contribution in [0.5, 0.6) is 0 Å². The van der Waals surface area contributed by atoms with Crippen LogP contribution in [0.15, 0.2) is 18.5 Å². The summed E-state index contributed by atoms with van der Waals surface area (Å²) in [5, 5.41) is 3.30. The first-order chi connectivity index (χ1) is 8.37. The first-order valence-corrected chi connectivity index (χ1v) is 6.29. The Morgan fingerprint density at radius 3 is 2.67 bits per heavy atom. The number of aromatic nitrogens is 1. The van der Waals surface area contributed by atoms with Crippen molar-refractivity contribution in [3.8, 4) is 0 Å². The number of hydrogen-bond acceptors (Lipinski definition) is 1. The Morgan fingerprint density at radius 1 is 1.33 bits per heavy atom. The van der Waals surface area contributed by atoms with Gasteiger partial charge in [0.15, 0.2) is 0 Å². The van der Waals surface area contributed by atoms with Gasteiger partial charge in [0.1, 0.15) is 0 Å². The van der Waals surface area contributed by atoms with Crippen LogP contribution in [0.25, 0.3) is 0 Å². The van der Waals surface area contributed by atoms with Crippen LogP contribution in [0.2, 0.25) is 0 Å². The summed E-state index contributed by atoms with van der Waals surface area (Å²) in [5.74, 6) is 0.596. The van der Waals surface area contributed by atoms with Gasteiger partial charge in [-0.1, -0.05) is 13.8 Å². The van der Waals surface area contributed by atoms with Gasteiger partial charge in [0.05, 0.1) is 0 Å². The molecule has 104 valence electrons. The Morgan fingerprint density at radius 2 is 2.06 bits per heavy atom. The molecule has 0 saturated carbocycles. The number of nitrogens with one attached hydrogen (secondary N) is 1. The summed E-state index contributed by atoms with van der Waals surface area (Å²) in [6.45, 7) is 6.40. The van der Waals surface area contributed by atoms with Gasteiger partial charge in [-0.3, -0.25) is 0 Å². The lowest BCUT2D eigenvalue weighted by Crippen LogP contribution is -2.18. The minimum Gasteiger partial charge on any atom is -0.354 e. The summed E-state index contributed by atoms with van der Waals surface area (Å²) in [7, 11) is 0. The molecule has 1 N–H and O–H groups in total. The molecule has 1 heterocycles. The molecular formula is C13H21F3N2. The molecular weight excluding hydrogens is 241 g/mol. The topological polar surface area (TPSA) is 17.0 Å². The number of alkyl halides is 3. The fraction of sp³-hybridized carbons (Fsp3) is 0.692. The number of rotatable bonds is 7. The van der Waals surface area contributed by atoms with E-state index in [2.05, 4.69) is 19.2 Å².